The van der Waals surface area contributed by atoms with Crippen molar-refractivity contribution in [2.45, 2.75) is 25.8 Å². The predicted octanol–water partition coefficient (Wildman–Crippen LogP) is 3.35. The Morgan fingerprint density at radius 3 is 2.12 bits per heavy atom. The largest absolute Gasteiger partial charge is 0.345 e. The quantitative estimate of drug-likeness (QED) is 0.488. The van der Waals surface area contributed by atoms with Crippen molar-refractivity contribution in [2.24, 2.45) is 0 Å². The Bertz CT molecular complexity index is 1050. The van der Waals surface area contributed by atoms with Crippen LogP contribution in [0.5, 0.6) is 0 Å². The zero-order valence-electron chi connectivity index (χ0n) is 18.0. The number of para-hydroxylation sites is 1. The van der Waals surface area contributed by atoms with Crippen LogP contribution < -0.4 is 16.0 Å². The Morgan fingerprint density at radius 2 is 1.44 bits per heavy atom. The molecule has 0 radical (unpaired) electrons. The van der Waals surface area contributed by atoms with Crippen LogP contribution in [0.3, 0.4) is 0 Å². The fourth-order valence-corrected chi connectivity index (χ4v) is 3.33. The number of amides is 3. The second kappa shape index (κ2) is 11.5. The Balaban J connectivity index is 1.64. The van der Waals surface area contributed by atoms with Crippen molar-refractivity contribution in [3.05, 3.63) is 102 Å². The molecule has 3 N–H and O–H groups in total. The third-order valence-electron chi connectivity index (χ3n) is 5.04. The minimum absolute atomic E-state index is 0.191. The van der Waals surface area contributed by atoms with Crippen LogP contribution >= 0.6 is 0 Å². The number of aryl methyl sites for hydroxylation is 1. The Morgan fingerprint density at radius 1 is 0.812 bits per heavy atom. The molecule has 0 aliphatic carbocycles. The fourth-order valence-electron chi connectivity index (χ4n) is 3.33. The van der Waals surface area contributed by atoms with E-state index >= 15 is 0 Å². The van der Waals surface area contributed by atoms with E-state index in [1.807, 2.05) is 67.6 Å². The van der Waals surface area contributed by atoms with Gasteiger partial charge in [-0.2, -0.15) is 0 Å². The molecule has 0 aliphatic rings. The van der Waals surface area contributed by atoms with Gasteiger partial charge in [-0.25, -0.2) is 0 Å². The predicted molar refractivity (Wildman–Crippen MR) is 125 cm³/mol. The average Bonchev–Trinajstić information content (AvgIpc) is 2.83. The van der Waals surface area contributed by atoms with Gasteiger partial charge in [0.1, 0.15) is 6.04 Å². The van der Waals surface area contributed by atoms with Gasteiger partial charge in [0.25, 0.3) is 5.91 Å². The van der Waals surface area contributed by atoms with Crippen LogP contribution in [-0.2, 0) is 22.4 Å². The van der Waals surface area contributed by atoms with Crippen LogP contribution in [0.4, 0.5) is 5.69 Å². The molecule has 3 rings (SSSR count). The van der Waals surface area contributed by atoms with E-state index in [9.17, 15) is 14.4 Å². The third-order valence-corrected chi connectivity index (χ3v) is 5.04. The summed E-state index contributed by atoms with van der Waals surface area (Å²) in [5, 5.41) is 8.27. The number of carbonyl (C=O) groups excluding carboxylic acids is 3. The Hall–Kier alpha value is -3.93. The summed E-state index contributed by atoms with van der Waals surface area (Å²) in [4.78, 5) is 37.9. The van der Waals surface area contributed by atoms with E-state index in [1.54, 1.807) is 24.3 Å². The van der Waals surface area contributed by atoms with Crippen molar-refractivity contribution in [3.63, 3.8) is 0 Å². The SMILES string of the molecule is CCc1ccccc1NC(=O)CNC(=O)C(Cc1ccccc1)NC(=O)c1ccccc1. The Kier molecular flexibility index (Phi) is 8.15. The molecular weight excluding hydrogens is 402 g/mol. The molecule has 3 aromatic rings. The lowest BCUT2D eigenvalue weighted by atomic mass is 10.0. The van der Waals surface area contributed by atoms with E-state index in [-0.39, 0.29) is 18.4 Å². The van der Waals surface area contributed by atoms with Crippen molar-refractivity contribution >= 4 is 23.4 Å². The van der Waals surface area contributed by atoms with Crippen molar-refractivity contribution in [3.8, 4) is 0 Å². The number of benzene rings is 3. The topological polar surface area (TPSA) is 87.3 Å². The summed E-state index contributed by atoms with van der Waals surface area (Å²) in [5.41, 5.74) is 3.12. The second-order valence-corrected chi connectivity index (χ2v) is 7.36. The smallest absolute Gasteiger partial charge is 0.251 e. The summed E-state index contributed by atoms with van der Waals surface area (Å²) in [5.74, 6) is -1.09. The monoisotopic (exact) mass is 429 g/mol. The summed E-state index contributed by atoms with van der Waals surface area (Å²) in [7, 11) is 0. The van der Waals surface area contributed by atoms with Gasteiger partial charge in [-0.1, -0.05) is 73.7 Å². The van der Waals surface area contributed by atoms with Crippen LogP contribution in [0.1, 0.15) is 28.4 Å². The van der Waals surface area contributed by atoms with Gasteiger partial charge in [-0.3, -0.25) is 14.4 Å². The molecule has 0 bridgehead atoms. The summed E-state index contributed by atoms with van der Waals surface area (Å²) in [6, 6.07) is 24.9. The van der Waals surface area contributed by atoms with Crippen molar-refractivity contribution in [1.29, 1.82) is 0 Å². The molecule has 0 saturated heterocycles. The average molecular weight is 430 g/mol. The third kappa shape index (κ3) is 6.54. The lowest BCUT2D eigenvalue weighted by Crippen LogP contribution is -2.49. The van der Waals surface area contributed by atoms with E-state index in [0.29, 0.717) is 12.0 Å². The molecule has 6 heteroatoms. The lowest BCUT2D eigenvalue weighted by Gasteiger charge is -2.19. The summed E-state index contributed by atoms with van der Waals surface area (Å²) >= 11 is 0. The molecule has 0 spiro atoms. The van der Waals surface area contributed by atoms with Gasteiger partial charge in [0.05, 0.1) is 6.54 Å². The summed E-state index contributed by atoms with van der Waals surface area (Å²) < 4.78 is 0. The molecule has 0 aliphatic heterocycles. The molecule has 164 valence electrons. The highest BCUT2D eigenvalue weighted by molar-refractivity contribution is 5.99. The maximum atomic E-state index is 12.9. The van der Waals surface area contributed by atoms with Crippen molar-refractivity contribution in [2.75, 3.05) is 11.9 Å². The van der Waals surface area contributed by atoms with Gasteiger partial charge < -0.3 is 16.0 Å². The second-order valence-electron chi connectivity index (χ2n) is 7.36. The highest BCUT2D eigenvalue weighted by Gasteiger charge is 2.22. The van der Waals surface area contributed by atoms with Gasteiger partial charge >= 0.3 is 0 Å². The van der Waals surface area contributed by atoms with E-state index in [4.69, 9.17) is 0 Å². The lowest BCUT2D eigenvalue weighted by molar-refractivity contribution is -0.125. The molecule has 0 aromatic heterocycles. The first-order chi connectivity index (χ1) is 15.6. The highest BCUT2D eigenvalue weighted by atomic mass is 16.2. The van der Waals surface area contributed by atoms with Crippen LogP contribution in [0.2, 0.25) is 0 Å². The number of hydrogen-bond donors (Lipinski definition) is 3. The number of nitrogens with one attached hydrogen (secondary N) is 3. The standard InChI is InChI=1S/C26H27N3O3/c1-2-20-13-9-10-16-22(20)28-24(30)18-27-26(32)23(17-19-11-5-3-6-12-19)29-25(31)21-14-7-4-8-15-21/h3-16,23H,2,17-18H2,1H3,(H,27,32)(H,28,30)(H,29,31). The maximum absolute atomic E-state index is 12.9. The van der Waals surface area contributed by atoms with Gasteiger partial charge in [0, 0.05) is 17.7 Å². The zero-order chi connectivity index (χ0) is 22.8. The molecule has 3 amide bonds. The van der Waals surface area contributed by atoms with Crippen molar-refractivity contribution < 1.29 is 14.4 Å². The van der Waals surface area contributed by atoms with Gasteiger partial charge in [-0.05, 0) is 35.7 Å². The Labute approximate surface area is 188 Å². The molecule has 0 heterocycles. The van der Waals surface area contributed by atoms with E-state index < -0.39 is 11.9 Å². The number of carbonyl (C=O) groups is 3. The van der Waals surface area contributed by atoms with Crippen LogP contribution in [0.15, 0.2) is 84.9 Å². The van der Waals surface area contributed by atoms with Crippen LogP contribution in [0.25, 0.3) is 0 Å². The van der Waals surface area contributed by atoms with Gasteiger partial charge in [0.15, 0.2) is 0 Å². The normalized spacial score (nSPS) is 11.3. The minimum atomic E-state index is -0.819. The molecule has 0 fully saturated rings. The fraction of sp³-hybridized carbons (Fsp3) is 0.192. The molecular formula is C26H27N3O3. The minimum Gasteiger partial charge on any atom is -0.345 e. The molecule has 1 unspecified atom stereocenters. The van der Waals surface area contributed by atoms with Crippen molar-refractivity contribution in [1.82, 2.24) is 10.6 Å². The number of hydrogen-bond acceptors (Lipinski definition) is 3. The van der Waals surface area contributed by atoms with Crippen LogP contribution in [-0.4, -0.2) is 30.3 Å². The first kappa shape index (κ1) is 22.7. The first-order valence-electron chi connectivity index (χ1n) is 10.6. The number of anilines is 1. The maximum Gasteiger partial charge on any atom is 0.251 e. The molecule has 3 aromatic carbocycles. The van der Waals surface area contributed by atoms with Gasteiger partial charge in [0.2, 0.25) is 11.8 Å². The summed E-state index contributed by atoms with van der Waals surface area (Å²) in [6.45, 7) is 1.82. The highest BCUT2D eigenvalue weighted by Crippen LogP contribution is 2.15. The number of rotatable bonds is 9. The van der Waals surface area contributed by atoms with E-state index in [1.165, 1.54) is 0 Å². The molecule has 6 nitrogen and oxygen atoms in total. The van der Waals surface area contributed by atoms with E-state index in [2.05, 4.69) is 16.0 Å². The van der Waals surface area contributed by atoms with Gasteiger partial charge in [-0.15, -0.1) is 0 Å². The molecule has 0 saturated carbocycles. The van der Waals surface area contributed by atoms with Crippen LogP contribution in [0, 0.1) is 0 Å². The summed E-state index contributed by atoms with van der Waals surface area (Å²) in [6.07, 6.45) is 1.10. The van der Waals surface area contributed by atoms with E-state index in [0.717, 1.165) is 23.2 Å². The molecule has 1 atom stereocenters. The first-order valence-corrected chi connectivity index (χ1v) is 10.6. The molecule has 32 heavy (non-hydrogen) atoms. The zero-order valence-corrected chi connectivity index (χ0v) is 18.0.